The molecule has 0 aliphatic carbocycles. The summed E-state index contributed by atoms with van der Waals surface area (Å²) in [4.78, 5) is 14.5. The van der Waals surface area contributed by atoms with Crippen molar-refractivity contribution in [1.29, 1.82) is 0 Å². The van der Waals surface area contributed by atoms with Gasteiger partial charge in [-0.25, -0.2) is 18.6 Å². The van der Waals surface area contributed by atoms with E-state index >= 15 is 0 Å². The molecule has 0 spiro atoms. The predicted octanol–water partition coefficient (Wildman–Crippen LogP) is 1.98. The van der Waals surface area contributed by atoms with Gasteiger partial charge in [-0.15, -0.1) is 0 Å². The van der Waals surface area contributed by atoms with Gasteiger partial charge in [0.05, 0.1) is 7.11 Å². The summed E-state index contributed by atoms with van der Waals surface area (Å²) in [5.41, 5.74) is -0.217. The Bertz CT molecular complexity index is 330. The van der Waals surface area contributed by atoms with Crippen molar-refractivity contribution in [3.05, 3.63) is 29.6 Å². The Morgan fingerprint density at radius 1 is 1.50 bits per heavy atom. The van der Waals surface area contributed by atoms with Crippen LogP contribution in [0.2, 0.25) is 0 Å². The Morgan fingerprint density at radius 3 is 2.50 bits per heavy atom. The van der Waals surface area contributed by atoms with E-state index in [0.29, 0.717) is 0 Å². The van der Waals surface area contributed by atoms with Gasteiger partial charge >= 0.3 is 5.97 Å². The first kappa shape index (κ1) is 10.6. The molecule has 0 saturated heterocycles. The van der Waals surface area contributed by atoms with Gasteiger partial charge in [-0.2, -0.15) is 0 Å². The second-order valence-corrected chi connectivity index (χ2v) is 2.81. The molecule has 0 radical (unpaired) electrons. The topological polar surface area (TPSA) is 39.2 Å². The van der Waals surface area contributed by atoms with Crippen molar-refractivity contribution in [3.63, 3.8) is 0 Å². The molecule has 1 aromatic heterocycles. The maximum absolute atomic E-state index is 12.7. The minimum Gasteiger partial charge on any atom is -0.464 e. The number of carbonyl (C=O) groups is 1. The molecular weight excluding hydrogens is 192 g/mol. The minimum absolute atomic E-state index is 0.0144. The third-order valence-corrected chi connectivity index (χ3v) is 1.66. The molecule has 76 valence electrons. The Labute approximate surface area is 79.7 Å². The van der Waals surface area contributed by atoms with E-state index in [9.17, 15) is 13.6 Å². The molecule has 0 saturated carbocycles. The molecule has 0 atom stereocenters. The van der Waals surface area contributed by atoms with Crippen LogP contribution in [0.5, 0.6) is 0 Å². The quantitative estimate of drug-likeness (QED) is 0.687. The molecule has 0 fully saturated rings. The second kappa shape index (κ2) is 3.69. The number of aromatic nitrogens is 1. The zero-order chi connectivity index (χ0) is 10.8. The van der Waals surface area contributed by atoms with Gasteiger partial charge in [0.1, 0.15) is 5.69 Å². The molecule has 0 aromatic carbocycles. The number of halogens is 2. The number of ether oxygens (including phenoxy) is 1. The second-order valence-electron chi connectivity index (χ2n) is 2.81. The number of alkyl halides is 2. The lowest BCUT2D eigenvalue weighted by Gasteiger charge is -2.09. The van der Waals surface area contributed by atoms with Gasteiger partial charge in [-0.05, 0) is 12.1 Å². The molecule has 3 nitrogen and oxygen atoms in total. The maximum Gasteiger partial charge on any atom is 0.356 e. The van der Waals surface area contributed by atoms with Gasteiger partial charge in [-0.1, -0.05) is 0 Å². The highest BCUT2D eigenvalue weighted by Crippen LogP contribution is 2.25. The van der Waals surface area contributed by atoms with E-state index in [0.717, 1.165) is 19.2 Å². The van der Waals surface area contributed by atoms with E-state index in [1.807, 2.05) is 0 Å². The molecular formula is C9H9F2NO2. The van der Waals surface area contributed by atoms with E-state index < -0.39 is 11.9 Å². The maximum atomic E-state index is 12.7. The standard InChI is InChI=1S/C9H9F2NO2/c1-9(10,11)6-3-4-7(12-5-6)8(13)14-2/h3-5H,1-2H3. The van der Waals surface area contributed by atoms with Crippen molar-refractivity contribution in [1.82, 2.24) is 4.98 Å². The van der Waals surface area contributed by atoms with Gasteiger partial charge in [0.2, 0.25) is 0 Å². The van der Waals surface area contributed by atoms with Gasteiger partial charge in [0.15, 0.2) is 0 Å². The Hall–Kier alpha value is -1.52. The third-order valence-electron chi connectivity index (χ3n) is 1.66. The summed E-state index contributed by atoms with van der Waals surface area (Å²) < 4.78 is 29.8. The Kier molecular flexibility index (Phi) is 2.78. The van der Waals surface area contributed by atoms with Crippen molar-refractivity contribution < 1.29 is 18.3 Å². The number of pyridine rings is 1. The van der Waals surface area contributed by atoms with Crippen molar-refractivity contribution >= 4 is 5.97 Å². The van der Waals surface area contributed by atoms with Crippen molar-refractivity contribution in [2.45, 2.75) is 12.8 Å². The molecule has 14 heavy (non-hydrogen) atoms. The number of hydrogen-bond donors (Lipinski definition) is 0. The van der Waals surface area contributed by atoms with Gasteiger partial charge in [0.25, 0.3) is 5.92 Å². The smallest absolute Gasteiger partial charge is 0.356 e. The van der Waals surface area contributed by atoms with E-state index in [1.165, 1.54) is 13.2 Å². The lowest BCUT2D eigenvalue weighted by molar-refractivity contribution is 0.0169. The summed E-state index contributed by atoms with van der Waals surface area (Å²) in [5.74, 6) is -3.59. The molecule has 1 aromatic rings. The van der Waals surface area contributed by atoms with E-state index in [1.54, 1.807) is 0 Å². The van der Waals surface area contributed by atoms with E-state index in [-0.39, 0.29) is 11.3 Å². The van der Waals surface area contributed by atoms with Crippen LogP contribution < -0.4 is 0 Å². The highest BCUT2D eigenvalue weighted by Gasteiger charge is 2.24. The van der Waals surface area contributed by atoms with Crippen LogP contribution in [0.3, 0.4) is 0 Å². The van der Waals surface area contributed by atoms with E-state index in [4.69, 9.17) is 0 Å². The van der Waals surface area contributed by atoms with Gasteiger partial charge < -0.3 is 4.74 Å². The highest BCUT2D eigenvalue weighted by atomic mass is 19.3. The van der Waals surface area contributed by atoms with Crippen LogP contribution in [-0.2, 0) is 10.7 Å². The summed E-state index contributed by atoms with van der Waals surface area (Å²) in [6.45, 7) is 0.766. The number of methoxy groups -OCH3 is 1. The summed E-state index contributed by atoms with van der Waals surface area (Å²) in [5, 5.41) is 0. The number of nitrogens with zero attached hydrogens (tertiary/aromatic N) is 1. The molecule has 0 bridgehead atoms. The van der Waals surface area contributed by atoms with Crippen LogP contribution in [0.25, 0.3) is 0 Å². The van der Waals surface area contributed by atoms with Crippen molar-refractivity contribution in [2.24, 2.45) is 0 Å². The Balaban J connectivity index is 2.95. The molecule has 0 aliphatic heterocycles. The summed E-state index contributed by atoms with van der Waals surface area (Å²) in [6.07, 6.45) is 0.965. The van der Waals surface area contributed by atoms with E-state index in [2.05, 4.69) is 9.72 Å². The summed E-state index contributed by atoms with van der Waals surface area (Å²) >= 11 is 0. The van der Waals surface area contributed by atoms with Crippen LogP contribution in [0.1, 0.15) is 23.0 Å². The normalized spacial score (nSPS) is 11.1. The molecule has 5 heteroatoms. The van der Waals surface area contributed by atoms with Gasteiger partial charge in [-0.3, -0.25) is 0 Å². The number of hydrogen-bond acceptors (Lipinski definition) is 3. The number of rotatable bonds is 2. The molecule has 0 N–H and O–H groups in total. The Morgan fingerprint density at radius 2 is 2.14 bits per heavy atom. The average molecular weight is 201 g/mol. The third kappa shape index (κ3) is 2.25. The number of esters is 1. The first-order chi connectivity index (χ1) is 6.45. The van der Waals surface area contributed by atoms with Crippen LogP contribution in [-0.4, -0.2) is 18.1 Å². The fourth-order valence-electron chi connectivity index (χ4n) is 0.879. The SMILES string of the molecule is COC(=O)c1ccc(C(C)(F)F)cn1. The summed E-state index contributed by atoms with van der Waals surface area (Å²) in [6, 6.07) is 2.36. The molecule has 0 aliphatic rings. The fraction of sp³-hybridized carbons (Fsp3) is 0.333. The fourth-order valence-corrected chi connectivity index (χ4v) is 0.879. The van der Waals surface area contributed by atoms with Crippen LogP contribution in [0, 0.1) is 0 Å². The minimum atomic E-state index is -2.94. The van der Waals surface area contributed by atoms with Crippen molar-refractivity contribution in [2.75, 3.05) is 7.11 Å². The first-order valence-electron chi connectivity index (χ1n) is 3.88. The van der Waals surface area contributed by atoms with Crippen LogP contribution in [0.4, 0.5) is 8.78 Å². The average Bonchev–Trinajstić information content (AvgIpc) is 2.15. The molecule has 1 heterocycles. The summed E-state index contributed by atoms with van der Waals surface area (Å²) in [7, 11) is 1.20. The highest BCUT2D eigenvalue weighted by molar-refractivity contribution is 5.86. The number of carbonyl (C=O) groups excluding carboxylic acids is 1. The zero-order valence-electron chi connectivity index (χ0n) is 7.75. The van der Waals surface area contributed by atoms with Crippen LogP contribution in [0.15, 0.2) is 18.3 Å². The van der Waals surface area contributed by atoms with Gasteiger partial charge in [0, 0.05) is 18.7 Å². The molecule has 1 rings (SSSR count). The first-order valence-corrected chi connectivity index (χ1v) is 3.88. The molecule has 0 unspecified atom stereocenters. The lowest BCUT2D eigenvalue weighted by atomic mass is 10.1. The van der Waals surface area contributed by atoms with Crippen molar-refractivity contribution in [3.8, 4) is 0 Å². The van der Waals surface area contributed by atoms with Crippen LogP contribution >= 0.6 is 0 Å². The lowest BCUT2D eigenvalue weighted by Crippen LogP contribution is -2.10. The zero-order valence-corrected chi connectivity index (χ0v) is 7.75. The largest absolute Gasteiger partial charge is 0.464 e. The molecule has 0 amide bonds. The monoisotopic (exact) mass is 201 g/mol. The predicted molar refractivity (Wildman–Crippen MR) is 45.1 cm³/mol.